The number of rotatable bonds is 2. The molecular formula is C18H14O2. The van der Waals surface area contributed by atoms with Crippen molar-refractivity contribution in [1.82, 2.24) is 0 Å². The normalized spacial score (nSPS) is 11.9. The Bertz CT molecular complexity index is 844. The standard InChI is InChI=1S/C18H14O2/c1-12(18(19)20)8-13-6-7-16-10-14-4-2-3-5-15(14)11-17(16)9-13/h2-11H,1H3,(H,19,20). The molecule has 0 atom stereocenters. The highest BCUT2D eigenvalue weighted by Crippen LogP contribution is 2.24. The van der Waals surface area contributed by atoms with Crippen molar-refractivity contribution in [1.29, 1.82) is 0 Å². The predicted octanol–water partition coefficient (Wildman–Crippen LogP) is 4.48. The van der Waals surface area contributed by atoms with Gasteiger partial charge in [0.1, 0.15) is 0 Å². The second-order valence-corrected chi connectivity index (χ2v) is 4.94. The summed E-state index contributed by atoms with van der Waals surface area (Å²) < 4.78 is 0. The largest absolute Gasteiger partial charge is 0.478 e. The summed E-state index contributed by atoms with van der Waals surface area (Å²) >= 11 is 0. The van der Waals surface area contributed by atoms with Gasteiger partial charge in [0.25, 0.3) is 0 Å². The summed E-state index contributed by atoms with van der Waals surface area (Å²) in [5.74, 6) is -0.886. The molecule has 0 radical (unpaired) electrons. The number of carboxylic acid groups (broad SMARTS) is 1. The lowest BCUT2D eigenvalue weighted by atomic mass is 10.0. The quantitative estimate of drug-likeness (QED) is 0.546. The van der Waals surface area contributed by atoms with Crippen molar-refractivity contribution in [2.45, 2.75) is 6.92 Å². The second-order valence-electron chi connectivity index (χ2n) is 4.94. The Hall–Kier alpha value is -2.61. The van der Waals surface area contributed by atoms with Crippen molar-refractivity contribution in [2.24, 2.45) is 0 Å². The zero-order chi connectivity index (χ0) is 14.1. The number of carboxylic acids is 1. The number of carbonyl (C=O) groups is 1. The van der Waals surface area contributed by atoms with Gasteiger partial charge in [-0.2, -0.15) is 0 Å². The fourth-order valence-electron chi connectivity index (χ4n) is 2.36. The first-order valence-electron chi connectivity index (χ1n) is 6.48. The van der Waals surface area contributed by atoms with Crippen LogP contribution in [0.25, 0.3) is 27.6 Å². The highest BCUT2D eigenvalue weighted by Gasteiger charge is 2.02. The van der Waals surface area contributed by atoms with E-state index in [4.69, 9.17) is 5.11 Å². The topological polar surface area (TPSA) is 37.3 Å². The maximum absolute atomic E-state index is 10.9. The first kappa shape index (κ1) is 12.4. The van der Waals surface area contributed by atoms with Crippen molar-refractivity contribution in [3.05, 3.63) is 65.7 Å². The van der Waals surface area contributed by atoms with Gasteiger partial charge in [0.05, 0.1) is 0 Å². The van der Waals surface area contributed by atoms with Crippen LogP contribution in [0.3, 0.4) is 0 Å². The van der Waals surface area contributed by atoms with Crippen LogP contribution in [0.2, 0.25) is 0 Å². The molecule has 0 heterocycles. The highest BCUT2D eigenvalue weighted by atomic mass is 16.4. The van der Waals surface area contributed by atoms with E-state index in [1.807, 2.05) is 30.3 Å². The molecule has 3 rings (SSSR count). The molecule has 0 unspecified atom stereocenters. The first-order chi connectivity index (χ1) is 9.63. The fraction of sp³-hybridized carbons (Fsp3) is 0.0556. The van der Waals surface area contributed by atoms with E-state index < -0.39 is 5.97 Å². The van der Waals surface area contributed by atoms with E-state index in [-0.39, 0.29) is 0 Å². The van der Waals surface area contributed by atoms with Crippen LogP contribution < -0.4 is 0 Å². The van der Waals surface area contributed by atoms with Crippen LogP contribution in [0.5, 0.6) is 0 Å². The van der Waals surface area contributed by atoms with Gasteiger partial charge in [0.2, 0.25) is 0 Å². The molecule has 3 aromatic rings. The molecule has 0 aliphatic carbocycles. The number of hydrogen-bond donors (Lipinski definition) is 1. The van der Waals surface area contributed by atoms with Crippen LogP contribution in [0, 0.1) is 0 Å². The summed E-state index contributed by atoms with van der Waals surface area (Å²) in [6.07, 6.45) is 1.69. The molecule has 0 fully saturated rings. The molecule has 0 aliphatic heterocycles. The van der Waals surface area contributed by atoms with Gasteiger partial charge in [-0.15, -0.1) is 0 Å². The Morgan fingerprint density at radius 2 is 1.50 bits per heavy atom. The Balaban J connectivity index is 2.17. The maximum atomic E-state index is 10.9. The molecule has 3 aromatic carbocycles. The summed E-state index contributed by atoms with van der Waals surface area (Å²) in [4.78, 5) is 10.9. The van der Waals surface area contributed by atoms with Crippen LogP contribution in [-0.4, -0.2) is 11.1 Å². The van der Waals surface area contributed by atoms with E-state index in [9.17, 15) is 4.79 Å². The fourth-order valence-corrected chi connectivity index (χ4v) is 2.36. The number of fused-ring (bicyclic) bond motifs is 2. The van der Waals surface area contributed by atoms with Crippen molar-refractivity contribution in [3.8, 4) is 0 Å². The lowest BCUT2D eigenvalue weighted by molar-refractivity contribution is -0.132. The third kappa shape index (κ3) is 2.28. The van der Waals surface area contributed by atoms with E-state index in [1.54, 1.807) is 13.0 Å². The molecule has 98 valence electrons. The van der Waals surface area contributed by atoms with Gasteiger partial charge >= 0.3 is 5.97 Å². The van der Waals surface area contributed by atoms with Crippen LogP contribution in [-0.2, 0) is 4.79 Å². The lowest BCUT2D eigenvalue weighted by Crippen LogP contribution is -1.95. The van der Waals surface area contributed by atoms with E-state index >= 15 is 0 Å². The van der Waals surface area contributed by atoms with Crippen LogP contribution >= 0.6 is 0 Å². The van der Waals surface area contributed by atoms with Crippen molar-refractivity contribution >= 4 is 33.6 Å². The number of benzene rings is 3. The minimum atomic E-state index is -0.886. The highest BCUT2D eigenvalue weighted by molar-refractivity contribution is 5.99. The molecule has 2 nitrogen and oxygen atoms in total. The van der Waals surface area contributed by atoms with Crippen LogP contribution in [0.15, 0.2) is 60.2 Å². The third-order valence-electron chi connectivity index (χ3n) is 3.45. The molecule has 2 heteroatoms. The van der Waals surface area contributed by atoms with E-state index in [1.165, 1.54) is 10.8 Å². The summed E-state index contributed by atoms with van der Waals surface area (Å²) in [6.45, 7) is 1.60. The van der Waals surface area contributed by atoms with Gasteiger partial charge in [-0.3, -0.25) is 0 Å². The Morgan fingerprint density at radius 3 is 2.15 bits per heavy atom. The second kappa shape index (κ2) is 4.82. The maximum Gasteiger partial charge on any atom is 0.331 e. The SMILES string of the molecule is CC(=Cc1ccc2cc3ccccc3cc2c1)C(=O)O. The molecule has 0 aromatic heterocycles. The van der Waals surface area contributed by atoms with Gasteiger partial charge < -0.3 is 5.11 Å². The van der Waals surface area contributed by atoms with Gasteiger partial charge in [-0.05, 0) is 58.3 Å². The summed E-state index contributed by atoms with van der Waals surface area (Å²) in [7, 11) is 0. The monoisotopic (exact) mass is 262 g/mol. The molecule has 0 saturated heterocycles. The molecule has 1 N–H and O–H groups in total. The predicted molar refractivity (Wildman–Crippen MR) is 82.7 cm³/mol. The van der Waals surface area contributed by atoms with Crippen molar-refractivity contribution in [2.75, 3.05) is 0 Å². The van der Waals surface area contributed by atoms with Crippen LogP contribution in [0.4, 0.5) is 0 Å². The average molecular weight is 262 g/mol. The Labute approximate surface area is 117 Å². The summed E-state index contributed by atoms with van der Waals surface area (Å²) in [5, 5.41) is 13.6. The average Bonchev–Trinajstić information content (AvgIpc) is 2.45. The van der Waals surface area contributed by atoms with E-state index in [0.717, 1.165) is 16.3 Å². The molecule has 0 bridgehead atoms. The van der Waals surface area contributed by atoms with Gasteiger partial charge in [-0.25, -0.2) is 4.79 Å². The molecule has 20 heavy (non-hydrogen) atoms. The van der Waals surface area contributed by atoms with Gasteiger partial charge in [-0.1, -0.05) is 36.4 Å². The Kier molecular flexibility index (Phi) is 2.99. The molecule has 0 saturated carbocycles. The zero-order valence-electron chi connectivity index (χ0n) is 11.1. The number of aliphatic carboxylic acids is 1. The molecular weight excluding hydrogens is 248 g/mol. The summed E-state index contributed by atoms with van der Waals surface area (Å²) in [5.41, 5.74) is 1.25. The molecule has 0 amide bonds. The van der Waals surface area contributed by atoms with Crippen LogP contribution in [0.1, 0.15) is 12.5 Å². The minimum Gasteiger partial charge on any atom is -0.478 e. The smallest absolute Gasteiger partial charge is 0.331 e. The zero-order valence-corrected chi connectivity index (χ0v) is 11.1. The molecule has 0 aliphatic rings. The lowest BCUT2D eigenvalue weighted by Gasteiger charge is -2.04. The van der Waals surface area contributed by atoms with E-state index in [0.29, 0.717) is 5.57 Å². The van der Waals surface area contributed by atoms with E-state index in [2.05, 4.69) is 24.3 Å². The molecule has 0 spiro atoms. The van der Waals surface area contributed by atoms with Gasteiger partial charge in [0.15, 0.2) is 0 Å². The van der Waals surface area contributed by atoms with Crippen molar-refractivity contribution in [3.63, 3.8) is 0 Å². The Morgan fingerprint density at radius 1 is 0.900 bits per heavy atom. The summed E-state index contributed by atoms with van der Waals surface area (Å²) in [6, 6.07) is 18.5. The van der Waals surface area contributed by atoms with Gasteiger partial charge in [0, 0.05) is 5.57 Å². The van der Waals surface area contributed by atoms with Crippen molar-refractivity contribution < 1.29 is 9.90 Å². The third-order valence-corrected chi connectivity index (χ3v) is 3.45. The minimum absolute atomic E-state index is 0.338. The first-order valence-corrected chi connectivity index (χ1v) is 6.48. The number of hydrogen-bond acceptors (Lipinski definition) is 1.